The number of benzene rings is 3. The predicted octanol–water partition coefficient (Wildman–Crippen LogP) is 4.73. The molecule has 0 radical (unpaired) electrons. The molecule has 0 bridgehead atoms. The number of hydrogen-bond donors (Lipinski definition) is 1. The number of ether oxygens (including phenoxy) is 3. The molecule has 2 aliphatic rings. The molecular formula is C33H36N2O6. The Balaban J connectivity index is 1.44. The molecule has 214 valence electrons. The van der Waals surface area contributed by atoms with Crippen molar-refractivity contribution in [2.24, 2.45) is 0 Å². The van der Waals surface area contributed by atoms with Crippen LogP contribution in [0.5, 0.6) is 11.5 Å². The van der Waals surface area contributed by atoms with Crippen molar-refractivity contribution < 1.29 is 28.9 Å². The highest BCUT2D eigenvalue weighted by Crippen LogP contribution is 2.40. The van der Waals surface area contributed by atoms with Gasteiger partial charge in [0.15, 0.2) is 0 Å². The second-order valence-electron chi connectivity index (χ2n) is 10.3. The Hall–Kier alpha value is -4.14. The van der Waals surface area contributed by atoms with E-state index in [0.29, 0.717) is 49.8 Å². The summed E-state index contributed by atoms with van der Waals surface area (Å²) in [4.78, 5) is 30.7. The molecule has 2 heterocycles. The maximum Gasteiger partial charge on any atom is 0.295 e. The van der Waals surface area contributed by atoms with Crippen molar-refractivity contribution in [3.05, 3.63) is 101 Å². The fourth-order valence-electron chi connectivity index (χ4n) is 5.41. The van der Waals surface area contributed by atoms with E-state index >= 15 is 0 Å². The molecule has 1 amide bonds. The molecule has 0 saturated carbocycles. The van der Waals surface area contributed by atoms with E-state index in [1.54, 1.807) is 30.2 Å². The topological polar surface area (TPSA) is 88.5 Å². The number of aryl methyl sites for hydroxylation is 1. The molecule has 2 aliphatic heterocycles. The summed E-state index contributed by atoms with van der Waals surface area (Å²) >= 11 is 0. The van der Waals surface area contributed by atoms with E-state index in [9.17, 15) is 14.7 Å². The number of rotatable bonds is 10. The molecule has 8 heteroatoms. The monoisotopic (exact) mass is 556 g/mol. The van der Waals surface area contributed by atoms with Gasteiger partial charge in [0.1, 0.15) is 23.9 Å². The predicted molar refractivity (Wildman–Crippen MR) is 156 cm³/mol. The van der Waals surface area contributed by atoms with Gasteiger partial charge in [-0.15, -0.1) is 0 Å². The summed E-state index contributed by atoms with van der Waals surface area (Å²) in [5.41, 5.74) is 3.11. The third-order valence-electron chi connectivity index (χ3n) is 7.65. The number of carbonyl (C=O) groups is 2. The summed E-state index contributed by atoms with van der Waals surface area (Å²) in [6.45, 7) is 6.54. The lowest BCUT2D eigenvalue weighted by atomic mass is 9.93. The first-order valence-electron chi connectivity index (χ1n) is 14.0. The molecule has 3 aromatic rings. The molecule has 1 N–H and O–H groups in total. The quantitative estimate of drug-likeness (QED) is 0.220. The second-order valence-corrected chi connectivity index (χ2v) is 10.3. The minimum Gasteiger partial charge on any atom is -0.507 e. The lowest BCUT2D eigenvalue weighted by molar-refractivity contribution is -0.140. The van der Waals surface area contributed by atoms with Gasteiger partial charge in [-0.05, 0) is 60.4 Å². The number of carbonyl (C=O) groups excluding carboxylic acids is 2. The van der Waals surface area contributed by atoms with Gasteiger partial charge < -0.3 is 24.2 Å². The van der Waals surface area contributed by atoms with Crippen LogP contribution in [0.15, 0.2) is 78.4 Å². The number of amides is 1. The van der Waals surface area contributed by atoms with Crippen molar-refractivity contribution in [3.63, 3.8) is 0 Å². The molecule has 41 heavy (non-hydrogen) atoms. The van der Waals surface area contributed by atoms with Gasteiger partial charge >= 0.3 is 0 Å². The zero-order valence-electron chi connectivity index (χ0n) is 23.5. The van der Waals surface area contributed by atoms with Crippen LogP contribution in [0.3, 0.4) is 0 Å². The molecular weight excluding hydrogens is 520 g/mol. The summed E-state index contributed by atoms with van der Waals surface area (Å²) < 4.78 is 16.7. The van der Waals surface area contributed by atoms with Crippen molar-refractivity contribution in [2.45, 2.75) is 26.0 Å². The normalized spacial score (nSPS) is 19.0. The smallest absolute Gasteiger partial charge is 0.295 e. The van der Waals surface area contributed by atoms with E-state index in [-0.39, 0.29) is 11.3 Å². The molecule has 1 atom stereocenters. The zero-order chi connectivity index (χ0) is 28.8. The number of hydrogen-bond acceptors (Lipinski definition) is 7. The summed E-state index contributed by atoms with van der Waals surface area (Å²) in [5.74, 6) is -0.153. The lowest BCUT2D eigenvalue weighted by Gasteiger charge is -2.29. The molecule has 3 aromatic carbocycles. The minimum absolute atomic E-state index is 0.0904. The Morgan fingerprint density at radius 3 is 2.34 bits per heavy atom. The van der Waals surface area contributed by atoms with Crippen LogP contribution >= 0.6 is 0 Å². The standard InChI is InChI=1S/C33H36N2O6/c1-23-21-27(39-2)13-14-28(23)31(36)29-30(25-9-11-26(12-10-25)41-22-24-7-4-3-5-8-24)35(33(38)32(29)37)16-6-15-34-17-19-40-20-18-34/h3-5,7-14,21,30,36H,6,15-20,22H2,1-2H3/b31-29+. The lowest BCUT2D eigenvalue weighted by Crippen LogP contribution is -2.38. The van der Waals surface area contributed by atoms with Crippen molar-refractivity contribution in [1.29, 1.82) is 0 Å². The number of ketones is 1. The maximum absolute atomic E-state index is 13.5. The van der Waals surface area contributed by atoms with Crippen LogP contribution in [0.1, 0.15) is 34.7 Å². The van der Waals surface area contributed by atoms with Crippen LogP contribution < -0.4 is 9.47 Å². The fraction of sp³-hybridized carbons (Fsp3) is 0.333. The number of Topliss-reactive ketones (excluding diaryl/α,β-unsaturated/α-hetero) is 1. The van der Waals surface area contributed by atoms with Gasteiger partial charge in [-0.1, -0.05) is 42.5 Å². The van der Waals surface area contributed by atoms with E-state index in [0.717, 1.165) is 36.3 Å². The van der Waals surface area contributed by atoms with Crippen LogP contribution in [0, 0.1) is 6.92 Å². The molecule has 1 unspecified atom stereocenters. The first-order valence-corrected chi connectivity index (χ1v) is 14.0. The molecule has 0 aromatic heterocycles. The highest BCUT2D eigenvalue weighted by atomic mass is 16.5. The molecule has 8 nitrogen and oxygen atoms in total. The Morgan fingerprint density at radius 2 is 1.66 bits per heavy atom. The van der Waals surface area contributed by atoms with Gasteiger partial charge in [0.05, 0.1) is 31.9 Å². The van der Waals surface area contributed by atoms with Crippen LogP contribution in [-0.2, 0) is 20.9 Å². The largest absolute Gasteiger partial charge is 0.507 e. The van der Waals surface area contributed by atoms with E-state index < -0.39 is 17.7 Å². The van der Waals surface area contributed by atoms with Crippen molar-refractivity contribution in [1.82, 2.24) is 9.80 Å². The summed E-state index contributed by atoms with van der Waals surface area (Å²) in [6, 6.07) is 21.8. The van der Waals surface area contributed by atoms with Crippen LogP contribution in [0.25, 0.3) is 5.76 Å². The Bertz CT molecular complexity index is 1400. The number of likely N-dealkylation sites (tertiary alicyclic amines) is 1. The molecule has 0 spiro atoms. The summed E-state index contributed by atoms with van der Waals surface area (Å²) in [5, 5.41) is 11.5. The molecule has 2 fully saturated rings. The first-order chi connectivity index (χ1) is 20.0. The number of aliphatic hydroxyl groups is 1. The van der Waals surface area contributed by atoms with Gasteiger partial charge in [-0.2, -0.15) is 0 Å². The van der Waals surface area contributed by atoms with E-state index in [2.05, 4.69) is 4.90 Å². The van der Waals surface area contributed by atoms with E-state index in [1.165, 1.54) is 0 Å². The van der Waals surface area contributed by atoms with Crippen LogP contribution in [-0.4, -0.2) is 73.1 Å². The average molecular weight is 557 g/mol. The fourth-order valence-corrected chi connectivity index (χ4v) is 5.41. The van der Waals surface area contributed by atoms with Crippen LogP contribution in [0.4, 0.5) is 0 Å². The summed E-state index contributed by atoms with van der Waals surface area (Å²) in [6.07, 6.45) is 0.698. The van der Waals surface area contributed by atoms with Gasteiger partial charge in [0.25, 0.3) is 11.7 Å². The third-order valence-corrected chi connectivity index (χ3v) is 7.65. The Morgan fingerprint density at radius 1 is 0.951 bits per heavy atom. The highest BCUT2D eigenvalue weighted by Gasteiger charge is 2.46. The van der Waals surface area contributed by atoms with Gasteiger partial charge in [-0.25, -0.2) is 0 Å². The van der Waals surface area contributed by atoms with E-state index in [1.807, 2.05) is 61.5 Å². The summed E-state index contributed by atoms with van der Waals surface area (Å²) in [7, 11) is 1.57. The van der Waals surface area contributed by atoms with Crippen molar-refractivity contribution in [2.75, 3.05) is 46.5 Å². The highest BCUT2D eigenvalue weighted by molar-refractivity contribution is 6.46. The minimum atomic E-state index is -0.718. The Kier molecular flexibility index (Phi) is 9.01. The second kappa shape index (κ2) is 13.0. The van der Waals surface area contributed by atoms with Crippen molar-refractivity contribution in [3.8, 4) is 11.5 Å². The zero-order valence-corrected chi connectivity index (χ0v) is 23.5. The Labute approximate surface area is 240 Å². The number of morpholine rings is 1. The van der Waals surface area contributed by atoms with E-state index in [4.69, 9.17) is 14.2 Å². The molecule has 2 saturated heterocycles. The number of nitrogens with zero attached hydrogens (tertiary/aromatic N) is 2. The van der Waals surface area contributed by atoms with Gasteiger partial charge in [-0.3, -0.25) is 14.5 Å². The van der Waals surface area contributed by atoms with Crippen LogP contribution in [0.2, 0.25) is 0 Å². The molecule has 5 rings (SSSR count). The third kappa shape index (κ3) is 6.45. The average Bonchev–Trinajstić information content (AvgIpc) is 3.26. The van der Waals surface area contributed by atoms with Gasteiger partial charge in [0, 0.05) is 31.7 Å². The number of aliphatic hydroxyl groups excluding tert-OH is 1. The van der Waals surface area contributed by atoms with Crippen molar-refractivity contribution >= 4 is 17.4 Å². The first kappa shape index (κ1) is 28.4. The number of methoxy groups -OCH3 is 1. The SMILES string of the molecule is COc1ccc(/C(O)=C2\C(=O)C(=O)N(CCCN3CCOCC3)C2c2ccc(OCc3ccccc3)cc2)c(C)c1. The maximum atomic E-state index is 13.5. The molecule has 0 aliphatic carbocycles. The van der Waals surface area contributed by atoms with Gasteiger partial charge in [0.2, 0.25) is 0 Å².